The number of hydrogen-bond donors (Lipinski definition) is 0. The zero-order valence-electron chi connectivity index (χ0n) is 17.9. The number of anilines is 1. The van der Waals surface area contributed by atoms with Crippen molar-refractivity contribution >= 4 is 22.6 Å². The summed E-state index contributed by atoms with van der Waals surface area (Å²) in [6.07, 6.45) is 3.10. The number of aryl methyl sites for hydroxylation is 1. The zero-order chi connectivity index (χ0) is 20.9. The molecular weight excluding hydrogens is 376 g/mol. The van der Waals surface area contributed by atoms with Crippen LogP contribution in [0.2, 0.25) is 0 Å². The second-order valence-corrected chi connectivity index (χ2v) is 7.77. The van der Waals surface area contributed by atoms with Crippen LogP contribution in [0.15, 0.2) is 48.5 Å². The van der Waals surface area contributed by atoms with Gasteiger partial charge in [0.2, 0.25) is 5.91 Å². The van der Waals surface area contributed by atoms with Crippen LogP contribution in [0.3, 0.4) is 0 Å². The normalized spacial score (nSPS) is 14.3. The highest BCUT2D eigenvalue weighted by Gasteiger charge is 2.23. The number of para-hydroxylation sites is 2. The number of imidazole rings is 1. The number of rotatable bonds is 7. The first kappa shape index (κ1) is 20.3. The molecule has 6 nitrogen and oxygen atoms in total. The molecule has 0 aliphatic carbocycles. The lowest BCUT2D eigenvalue weighted by Crippen LogP contribution is -2.49. The predicted molar refractivity (Wildman–Crippen MR) is 120 cm³/mol. The first-order valence-corrected chi connectivity index (χ1v) is 10.8. The summed E-state index contributed by atoms with van der Waals surface area (Å²) in [7, 11) is 1.68. The minimum Gasteiger partial charge on any atom is -0.497 e. The summed E-state index contributed by atoms with van der Waals surface area (Å²) >= 11 is 0. The van der Waals surface area contributed by atoms with Gasteiger partial charge in [-0.1, -0.05) is 25.5 Å². The fourth-order valence-corrected chi connectivity index (χ4v) is 4.07. The Bertz CT molecular complexity index is 988. The lowest BCUT2D eigenvalue weighted by Gasteiger charge is -2.36. The highest BCUT2D eigenvalue weighted by molar-refractivity contribution is 5.81. The number of nitrogens with zero attached hydrogens (tertiary/aromatic N) is 4. The first-order valence-electron chi connectivity index (χ1n) is 10.8. The average molecular weight is 407 g/mol. The van der Waals surface area contributed by atoms with E-state index in [2.05, 4.69) is 34.6 Å². The standard InChI is InChI=1S/C24H30N4O2/c1-3-4-9-23-25-21-7-5-6-8-22(21)28(23)18-24(29)27-16-14-26(15-17-27)19-10-12-20(30-2)13-11-19/h5-8,10-13H,3-4,9,14-18H2,1-2H3. The molecule has 1 saturated heterocycles. The third-order valence-corrected chi connectivity index (χ3v) is 5.85. The molecule has 0 bridgehead atoms. The fraction of sp³-hybridized carbons (Fsp3) is 0.417. The summed E-state index contributed by atoms with van der Waals surface area (Å²) in [5, 5.41) is 0. The maximum atomic E-state index is 13.1. The molecule has 1 fully saturated rings. The van der Waals surface area contributed by atoms with Crippen LogP contribution in [0, 0.1) is 0 Å². The number of ether oxygens (including phenoxy) is 1. The number of benzene rings is 2. The van der Waals surface area contributed by atoms with Gasteiger partial charge in [0.25, 0.3) is 0 Å². The Morgan fingerprint density at radius 1 is 1.03 bits per heavy atom. The van der Waals surface area contributed by atoms with Crippen molar-refractivity contribution in [2.45, 2.75) is 32.7 Å². The SMILES string of the molecule is CCCCc1nc2ccccc2n1CC(=O)N1CCN(c2ccc(OC)cc2)CC1. The quantitative estimate of drug-likeness (QED) is 0.600. The molecule has 1 aliphatic rings. The number of methoxy groups -OCH3 is 1. The molecule has 0 saturated carbocycles. The van der Waals surface area contributed by atoms with E-state index in [1.54, 1.807) is 7.11 Å². The molecular formula is C24H30N4O2. The number of amides is 1. The van der Waals surface area contributed by atoms with Gasteiger partial charge in [0, 0.05) is 38.3 Å². The number of hydrogen-bond acceptors (Lipinski definition) is 4. The third kappa shape index (κ3) is 4.27. The third-order valence-electron chi connectivity index (χ3n) is 5.85. The number of carbonyl (C=O) groups excluding carboxylic acids is 1. The van der Waals surface area contributed by atoms with Gasteiger partial charge in [0.15, 0.2) is 0 Å². The van der Waals surface area contributed by atoms with Gasteiger partial charge in [-0.15, -0.1) is 0 Å². The van der Waals surface area contributed by atoms with E-state index in [1.807, 2.05) is 35.2 Å². The molecule has 4 rings (SSSR count). The highest BCUT2D eigenvalue weighted by atomic mass is 16.5. The topological polar surface area (TPSA) is 50.6 Å². The van der Waals surface area contributed by atoms with E-state index < -0.39 is 0 Å². The predicted octanol–water partition coefficient (Wildman–Crippen LogP) is 3.74. The number of piperazine rings is 1. The van der Waals surface area contributed by atoms with E-state index in [0.29, 0.717) is 6.54 Å². The summed E-state index contributed by atoms with van der Waals surface area (Å²) in [5.41, 5.74) is 3.19. The monoisotopic (exact) mass is 406 g/mol. The second-order valence-electron chi connectivity index (χ2n) is 7.77. The van der Waals surface area contributed by atoms with Crippen molar-refractivity contribution in [3.63, 3.8) is 0 Å². The molecule has 30 heavy (non-hydrogen) atoms. The highest BCUT2D eigenvalue weighted by Crippen LogP contribution is 2.21. The number of aromatic nitrogens is 2. The van der Waals surface area contributed by atoms with Crippen LogP contribution < -0.4 is 9.64 Å². The second kappa shape index (κ2) is 9.20. The van der Waals surface area contributed by atoms with Crippen molar-refractivity contribution < 1.29 is 9.53 Å². The van der Waals surface area contributed by atoms with Gasteiger partial charge in [-0.2, -0.15) is 0 Å². The van der Waals surface area contributed by atoms with E-state index in [4.69, 9.17) is 9.72 Å². The maximum absolute atomic E-state index is 13.1. The number of carbonyl (C=O) groups is 1. The largest absolute Gasteiger partial charge is 0.497 e. The summed E-state index contributed by atoms with van der Waals surface area (Å²) in [5.74, 6) is 2.05. The molecule has 2 aromatic carbocycles. The molecule has 0 unspecified atom stereocenters. The summed E-state index contributed by atoms with van der Waals surface area (Å²) in [6, 6.07) is 16.2. The van der Waals surface area contributed by atoms with E-state index in [0.717, 1.165) is 68.0 Å². The van der Waals surface area contributed by atoms with Crippen molar-refractivity contribution in [1.29, 1.82) is 0 Å². The smallest absolute Gasteiger partial charge is 0.242 e. The molecule has 158 valence electrons. The molecule has 0 spiro atoms. The lowest BCUT2D eigenvalue weighted by molar-refractivity contribution is -0.132. The van der Waals surface area contributed by atoms with Crippen LogP contribution >= 0.6 is 0 Å². The van der Waals surface area contributed by atoms with Crippen LogP contribution in [0.5, 0.6) is 5.75 Å². The molecule has 0 radical (unpaired) electrons. The maximum Gasteiger partial charge on any atom is 0.242 e. The number of fused-ring (bicyclic) bond motifs is 1. The van der Waals surface area contributed by atoms with Crippen LogP contribution in [0.1, 0.15) is 25.6 Å². The minimum absolute atomic E-state index is 0.172. The van der Waals surface area contributed by atoms with Crippen LogP contribution in [-0.2, 0) is 17.8 Å². The summed E-state index contributed by atoms with van der Waals surface area (Å²) < 4.78 is 7.35. The molecule has 3 aromatic rings. The van der Waals surface area contributed by atoms with Gasteiger partial charge in [-0.05, 0) is 42.8 Å². The van der Waals surface area contributed by atoms with Crippen molar-refractivity contribution in [2.24, 2.45) is 0 Å². The molecule has 0 N–H and O–H groups in total. The van der Waals surface area contributed by atoms with Crippen LogP contribution in [0.25, 0.3) is 11.0 Å². The first-order chi connectivity index (χ1) is 14.7. The zero-order valence-corrected chi connectivity index (χ0v) is 17.9. The van der Waals surface area contributed by atoms with Crippen LogP contribution in [0.4, 0.5) is 5.69 Å². The van der Waals surface area contributed by atoms with E-state index in [-0.39, 0.29) is 5.91 Å². The molecule has 0 atom stereocenters. The Kier molecular flexibility index (Phi) is 6.21. The van der Waals surface area contributed by atoms with E-state index >= 15 is 0 Å². The van der Waals surface area contributed by atoms with Crippen molar-refractivity contribution in [1.82, 2.24) is 14.5 Å². The number of unbranched alkanes of at least 4 members (excludes halogenated alkanes) is 1. The molecule has 1 aliphatic heterocycles. The van der Waals surface area contributed by atoms with Gasteiger partial charge >= 0.3 is 0 Å². The molecule has 2 heterocycles. The van der Waals surface area contributed by atoms with Gasteiger partial charge in [-0.25, -0.2) is 4.98 Å². The lowest BCUT2D eigenvalue weighted by atomic mass is 10.2. The van der Waals surface area contributed by atoms with Gasteiger partial charge in [0.1, 0.15) is 18.1 Å². The van der Waals surface area contributed by atoms with Gasteiger partial charge in [0.05, 0.1) is 18.1 Å². The van der Waals surface area contributed by atoms with E-state index in [9.17, 15) is 4.79 Å². The molecule has 1 aromatic heterocycles. The van der Waals surface area contributed by atoms with Gasteiger partial charge in [-0.3, -0.25) is 4.79 Å². The van der Waals surface area contributed by atoms with E-state index in [1.165, 1.54) is 5.69 Å². The minimum atomic E-state index is 0.172. The summed E-state index contributed by atoms with van der Waals surface area (Å²) in [4.78, 5) is 22.2. The average Bonchev–Trinajstić information content (AvgIpc) is 3.15. The molecule has 1 amide bonds. The van der Waals surface area contributed by atoms with Crippen molar-refractivity contribution in [2.75, 3.05) is 38.2 Å². The Morgan fingerprint density at radius 2 is 1.77 bits per heavy atom. The summed E-state index contributed by atoms with van der Waals surface area (Å²) in [6.45, 7) is 5.70. The Balaban J connectivity index is 1.42. The Labute approximate surface area is 178 Å². The van der Waals surface area contributed by atoms with Crippen molar-refractivity contribution in [3.8, 4) is 5.75 Å². The Morgan fingerprint density at radius 3 is 2.47 bits per heavy atom. The Hall–Kier alpha value is -3.02. The fourth-order valence-electron chi connectivity index (χ4n) is 4.07. The molecule has 6 heteroatoms. The van der Waals surface area contributed by atoms with Gasteiger partial charge < -0.3 is 19.1 Å². The van der Waals surface area contributed by atoms with Crippen LogP contribution in [-0.4, -0.2) is 53.6 Å². The van der Waals surface area contributed by atoms with Crippen molar-refractivity contribution in [3.05, 3.63) is 54.4 Å².